The second kappa shape index (κ2) is 8.24. The second-order valence-corrected chi connectivity index (χ2v) is 7.13. The molecule has 0 saturated heterocycles. The largest absolute Gasteiger partial charge is 0.418 e. The molecule has 0 saturated carbocycles. The highest BCUT2D eigenvalue weighted by atomic mass is 35.5. The van der Waals surface area contributed by atoms with Gasteiger partial charge in [-0.1, -0.05) is 41.1 Å². The van der Waals surface area contributed by atoms with Crippen LogP contribution < -0.4 is 5.32 Å². The van der Waals surface area contributed by atoms with Gasteiger partial charge in [0.2, 0.25) is 11.8 Å². The Hall–Kier alpha value is -2.52. The van der Waals surface area contributed by atoms with E-state index in [0.29, 0.717) is 5.89 Å². The number of anilines is 1. The Balaban J connectivity index is 1.63. The molecule has 1 amide bonds. The SMILES string of the molecule is Cc1ccc(-c2nnc(SCC(=O)Nc3ccc(Cl)cc3C(F)(F)F)o2)cc1. The van der Waals surface area contributed by atoms with Crippen molar-refractivity contribution >= 4 is 35.0 Å². The fraction of sp³-hybridized carbons (Fsp3) is 0.167. The minimum atomic E-state index is -4.64. The molecule has 0 bridgehead atoms. The number of hydrogen-bond donors (Lipinski definition) is 1. The Morgan fingerprint density at radius 3 is 2.57 bits per heavy atom. The number of amides is 1. The number of nitrogens with one attached hydrogen (secondary N) is 1. The molecule has 146 valence electrons. The number of aromatic nitrogens is 2. The van der Waals surface area contributed by atoms with Crippen molar-refractivity contribution in [3.05, 3.63) is 58.6 Å². The molecule has 3 rings (SSSR count). The molecular formula is C18H13ClF3N3O2S. The summed E-state index contributed by atoms with van der Waals surface area (Å²) < 4.78 is 44.7. The van der Waals surface area contributed by atoms with Crippen molar-refractivity contribution in [2.24, 2.45) is 0 Å². The Kier molecular flexibility index (Phi) is 5.95. The molecule has 1 aromatic heterocycles. The van der Waals surface area contributed by atoms with Gasteiger partial charge < -0.3 is 9.73 Å². The summed E-state index contributed by atoms with van der Waals surface area (Å²) >= 11 is 6.54. The lowest BCUT2D eigenvalue weighted by Crippen LogP contribution is -2.18. The van der Waals surface area contributed by atoms with Gasteiger partial charge in [-0.3, -0.25) is 4.79 Å². The van der Waals surface area contributed by atoms with Gasteiger partial charge in [-0.15, -0.1) is 10.2 Å². The van der Waals surface area contributed by atoms with Gasteiger partial charge in [0.15, 0.2) is 0 Å². The first-order chi connectivity index (χ1) is 13.2. The molecule has 5 nitrogen and oxygen atoms in total. The van der Waals surface area contributed by atoms with Gasteiger partial charge in [-0.2, -0.15) is 13.2 Å². The normalized spacial score (nSPS) is 11.5. The van der Waals surface area contributed by atoms with Crippen LogP contribution in [0.4, 0.5) is 18.9 Å². The number of carbonyl (C=O) groups is 1. The van der Waals surface area contributed by atoms with E-state index >= 15 is 0 Å². The second-order valence-electron chi connectivity index (χ2n) is 5.76. The van der Waals surface area contributed by atoms with Crippen LogP contribution in [0.5, 0.6) is 0 Å². The molecule has 0 fully saturated rings. The molecule has 1 N–H and O–H groups in total. The first-order valence-electron chi connectivity index (χ1n) is 7.92. The van der Waals surface area contributed by atoms with E-state index in [0.717, 1.165) is 35.0 Å². The summed E-state index contributed by atoms with van der Waals surface area (Å²) in [7, 11) is 0. The topological polar surface area (TPSA) is 68.0 Å². The van der Waals surface area contributed by atoms with Crippen molar-refractivity contribution in [3.8, 4) is 11.5 Å². The van der Waals surface area contributed by atoms with Crippen LogP contribution in [0.25, 0.3) is 11.5 Å². The molecule has 28 heavy (non-hydrogen) atoms. The monoisotopic (exact) mass is 427 g/mol. The molecule has 0 aliphatic rings. The van der Waals surface area contributed by atoms with E-state index in [1.165, 1.54) is 6.07 Å². The van der Waals surface area contributed by atoms with Crippen LogP contribution in [0.15, 0.2) is 52.1 Å². The van der Waals surface area contributed by atoms with Crippen molar-refractivity contribution in [3.63, 3.8) is 0 Å². The van der Waals surface area contributed by atoms with Crippen LogP contribution in [0.2, 0.25) is 5.02 Å². The molecule has 10 heteroatoms. The zero-order chi connectivity index (χ0) is 20.3. The van der Waals surface area contributed by atoms with E-state index in [4.69, 9.17) is 16.0 Å². The van der Waals surface area contributed by atoms with Crippen molar-refractivity contribution in [1.82, 2.24) is 10.2 Å². The van der Waals surface area contributed by atoms with E-state index in [1.807, 2.05) is 31.2 Å². The maximum Gasteiger partial charge on any atom is 0.418 e. The molecule has 1 heterocycles. The highest BCUT2D eigenvalue weighted by Crippen LogP contribution is 2.36. The maximum absolute atomic E-state index is 13.1. The van der Waals surface area contributed by atoms with Crippen LogP contribution in [0.3, 0.4) is 0 Å². The smallest absolute Gasteiger partial charge is 0.411 e. The van der Waals surface area contributed by atoms with E-state index in [-0.39, 0.29) is 21.7 Å². The average Bonchev–Trinajstić information content (AvgIpc) is 3.10. The highest BCUT2D eigenvalue weighted by Gasteiger charge is 2.34. The third kappa shape index (κ3) is 5.05. The van der Waals surface area contributed by atoms with E-state index < -0.39 is 17.6 Å². The van der Waals surface area contributed by atoms with Crippen LogP contribution in [-0.2, 0) is 11.0 Å². The maximum atomic E-state index is 13.1. The van der Waals surface area contributed by atoms with Crippen molar-refractivity contribution < 1.29 is 22.4 Å². The van der Waals surface area contributed by atoms with Crippen molar-refractivity contribution in [2.45, 2.75) is 18.3 Å². The third-order valence-electron chi connectivity index (χ3n) is 3.59. The fourth-order valence-corrected chi connectivity index (χ4v) is 2.99. The summed E-state index contributed by atoms with van der Waals surface area (Å²) in [6.45, 7) is 1.95. The summed E-state index contributed by atoms with van der Waals surface area (Å²) in [6, 6.07) is 10.6. The predicted octanol–water partition coefficient (Wildman–Crippen LogP) is 5.45. The van der Waals surface area contributed by atoms with Gasteiger partial charge in [0.05, 0.1) is 17.0 Å². The summed E-state index contributed by atoms with van der Waals surface area (Å²) in [5.74, 6) is -0.553. The molecule has 0 radical (unpaired) electrons. The number of rotatable bonds is 5. The Morgan fingerprint density at radius 1 is 1.18 bits per heavy atom. The van der Waals surface area contributed by atoms with Crippen LogP contribution in [-0.4, -0.2) is 21.9 Å². The number of aryl methyl sites for hydroxylation is 1. The Morgan fingerprint density at radius 2 is 1.89 bits per heavy atom. The molecule has 3 aromatic rings. The molecule has 0 atom stereocenters. The molecule has 0 spiro atoms. The molecule has 2 aromatic carbocycles. The number of carbonyl (C=O) groups excluding carboxylic acids is 1. The molecular weight excluding hydrogens is 415 g/mol. The fourth-order valence-electron chi connectivity index (χ4n) is 2.25. The minimum absolute atomic E-state index is 0.0748. The summed E-state index contributed by atoms with van der Waals surface area (Å²) in [5.41, 5.74) is 0.423. The molecule has 0 aliphatic heterocycles. The standard InChI is InChI=1S/C18H13ClF3N3O2S/c1-10-2-4-11(5-3-10)16-24-25-17(27-16)28-9-15(26)23-14-7-6-12(19)8-13(14)18(20,21)22/h2-8H,9H2,1H3,(H,23,26). The van der Waals surface area contributed by atoms with Gasteiger partial charge in [0.25, 0.3) is 5.22 Å². The number of alkyl halides is 3. The first kappa shape index (κ1) is 20.2. The van der Waals surface area contributed by atoms with E-state index in [9.17, 15) is 18.0 Å². The van der Waals surface area contributed by atoms with Gasteiger partial charge >= 0.3 is 6.18 Å². The number of halogens is 4. The summed E-state index contributed by atoms with van der Waals surface area (Å²) in [4.78, 5) is 12.0. The predicted molar refractivity (Wildman–Crippen MR) is 100 cm³/mol. The first-order valence-corrected chi connectivity index (χ1v) is 9.28. The Bertz CT molecular complexity index is 990. The van der Waals surface area contributed by atoms with Crippen LogP contribution in [0.1, 0.15) is 11.1 Å². The zero-order valence-electron chi connectivity index (χ0n) is 14.4. The zero-order valence-corrected chi connectivity index (χ0v) is 16.0. The van der Waals surface area contributed by atoms with E-state index in [2.05, 4.69) is 15.5 Å². The molecule has 0 aliphatic carbocycles. The van der Waals surface area contributed by atoms with Gasteiger partial charge in [0.1, 0.15) is 0 Å². The lowest BCUT2D eigenvalue weighted by Gasteiger charge is -2.13. The van der Waals surface area contributed by atoms with Gasteiger partial charge in [0, 0.05) is 10.6 Å². The molecule has 0 unspecified atom stereocenters. The third-order valence-corrected chi connectivity index (χ3v) is 4.65. The average molecular weight is 428 g/mol. The Labute approximate surface area is 167 Å². The number of benzene rings is 2. The lowest BCUT2D eigenvalue weighted by atomic mass is 10.1. The number of hydrogen-bond acceptors (Lipinski definition) is 5. The van der Waals surface area contributed by atoms with Gasteiger partial charge in [-0.05, 0) is 37.3 Å². The number of nitrogens with zero attached hydrogens (tertiary/aromatic N) is 2. The lowest BCUT2D eigenvalue weighted by molar-refractivity contribution is -0.137. The van der Waals surface area contributed by atoms with Crippen LogP contribution in [0, 0.1) is 6.92 Å². The van der Waals surface area contributed by atoms with Crippen molar-refractivity contribution in [1.29, 1.82) is 0 Å². The summed E-state index contributed by atoms with van der Waals surface area (Å²) in [6.07, 6.45) is -4.64. The van der Waals surface area contributed by atoms with Gasteiger partial charge in [-0.25, -0.2) is 0 Å². The summed E-state index contributed by atoms with van der Waals surface area (Å²) in [5, 5.41) is 10.0. The quantitative estimate of drug-likeness (QED) is 0.548. The minimum Gasteiger partial charge on any atom is -0.411 e. The van der Waals surface area contributed by atoms with E-state index in [1.54, 1.807) is 0 Å². The number of thioether (sulfide) groups is 1. The van der Waals surface area contributed by atoms with Crippen molar-refractivity contribution in [2.75, 3.05) is 11.1 Å². The highest BCUT2D eigenvalue weighted by molar-refractivity contribution is 7.99. The van der Waals surface area contributed by atoms with Crippen LogP contribution >= 0.6 is 23.4 Å².